The minimum absolute atomic E-state index is 0.244. The third kappa shape index (κ3) is 6.12. The number of carbonyl (C=O) groups excluding carboxylic acids is 1. The lowest BCUT2D eigenvalue weighted by Gasteiger charge is -2.31. The number of hydrogen-bond acceptors (Lipinski definition) is 7. The number of amides is 1. The van der Waals surface area contributed by atoms with Crippen LogP contribution in [0.5, 0.6) is 0 Å². The predicted molar refractivity (Wildman–Crippen MR) is 143 cm³/mol. The predicted octanol–water partition coefficient (Wildman–Crippen LogP) is 2.69. The van der Waals surface area contributed by atoms with E-state index in [1.807, 2.05) is 31.6 Å². The molecule has 2 saturated heterocycles. The van der Waals surface area contributed by atoms with Crippen LogP contribution in [0.15, 0.2) is 36.8 Å². The van der Waals surface area contributed by atoms with Gasteiger partial charge in [-0.2, -0.15) is 4.31 Å². The Hall–Kier alpha value is -2.57. The number of aromatic nitrogens is 3. The van der Waals surface area contributed by atoms with Crippen molar-refractivity contribution < 1.29 is 17.9 Å². The van der Waals surface area contributed by atoms with E-state index in [4.69, 9.17) is 16.3 Å². The third-order valence-corrected chi connectivity index (χ3v) is 9.10. The molecule has 3 aromatic rings. The van der Waals surface area contributed by atoms with E-state index in [-0.39, 0.29) is 5.82 Å². The second kappa shape index (κ2) is 11.0. The molecule has 2 aliphatic heterocycles. The van der Waals surface area contributed by atoms with Gasteiger partial charge < -0.3 is 19.5 Å². The highest BCUT2D eigenvalue weighted by Gasteiger charge is 2.28. The van der Waals surface area contributed by atoms with Gasteiger partial charge in [0.05, 0.1) is 22.4 Å². The Kier molecular flexibility index (Phi) is 7.77. The highest BCUT2D eigenvalue weighted by atomic mass is 35.5. The maximum Gasteiger partial charge on any atom is 0.242 e. The van der Waals surface area contributed by atoms with Gasteiger partial charge in [0.15, 0.2) is 0 Å². The fourth-order valence-corrected chi connectivity index (χ4v) is 6.33. The number of fused-ring (bicyclic) bond motifs is 1. The fraction of sp³-hybridized carbons (Fsp3) is 0.480. The van der Waals surface area contributed by atoms with Crippen molar-refractivity contribution in [3.63, 3.8) is 0 Å². The number of pyridine rings is 1. The summed E-state index contributed by atoms with van der Waals surface area (Å²) in [4.78, 5) is 23.4. The Morgan fingerprint density at radius 3 is 2.65 bits per heavy atom. The molecule has 2 aliphatic rings. The highest BCUT2D eigenvalue weighted by Crippen LogP contribution is 2.32. The Bertz CT molecular complexity index is 1380. The summed E-state index contributed by atoms with van der Waals surface area (Å²) in [5.74, 6) is -0.477. The maximum absolute atomic E-state index is 12.7. The van der Waals surface area contributed by atoms with Crippen molar-refractivity contribution in [2.75, 3.05) is 57.5 Å². The molecular weight excluding hydrogens is 516 g/mol. The van der Waals surface area contributed by atoms with Gasteiger partial charge in [0.25, 0.3) is 0 Å². The summed E-state index contributed by atoms with van der Waals surface area (Å²) in [6.45, 7) is 4.49. The van der Waals surface area contributed by atoms with Crippen LogP contribution in [0.1, 0.15) is 12.8 Å². The van der Waals surface area contributed by atoms with Gasteiger partial charge in [0.1, 0.15) is 11.6 Å². The number of nitrogens with zero attached hydrogens (tertiary/aromatic N) is 5. The second-order valence-corrected chi connectivity index (χ2v) is 12.1. The molecule has 0 unspecified atom stereocenters. The molecule has 10 nitrogen and oxygen atoms in total. The Labute approximate surface area is 221 Å². The van der Waals surface area contributed by atoms with Crippen LogP contribution in [-0.2, 0) is 26.1 Å². The quantitative estimate of drug-likeness (QED) is 0.485. The van der Waals surface area contributed by atoms with E-state index in [0.29, 0.717) is 42.7 Å². The van der Waals surface area contributed by atoms with Gasteiger partial charge in [-0.15, -0.1) is 0 Å². The monoisotopic (exact) mass is 546 g/mol. The molecule has 1 N–H and O–H groups in total. The first kappa shape index (κ1) is 26.1. The lowest BCUT2D eigenvalue weighted by molar-refractivity contribution is -0.114. The van der Waals surface area contributed by atoms with Crippen molar-refractivity contribution >= 4 is 44.4 Å². The SMILES string of the molecule is CN1CCN(S(=O)(=O)CC(=O)Nc2cc(-c3ccc4ncn(CC5CCOCC5)c4c3)c(Cl)cn2)CC1. The van der Waals surface area contributed by atoms with Gasteiger partial charge in [-0.3, -0.25) is 4.79 Å². The van der Waals surface area contributed by atoms with E-state index in [2.05, 4.69) is 24.8 Å². The summed E-state index contributed by atoms with van der Waals surface area (Å²) in [6, 6.07) is 7.58. The van der Waals surface area contributed by atoms with Gasteiger partial charge in [0, 0.05) is 57.7 Å². The van der Waals surface area contributed by atoms with Crippen LogP contribution in [-0.4, -0.2) is 90.3 Å². The number of carbonyl (C=O) groups is 1. The van der Waals surface area contributed by atoms with Gasteiger partial charge in [-0.25, -0.2) is 18.4 Å². The molecule has 5 rings (SSSR count). The first-order valence-electron chi connectivity index (χ1n) is 12.4. The van der Waals surface area contributed by atoms with Crippen molar-refractivity contribution in [2.45, 2.75) is 19.4 Å². The average molecular weight is 547 g/mol. The highest BCUT2D eigenvalue weighted by molar-refractivity contribution is 7.89. The Morgan fingerprint density at radius 2 is 1.89 bits per heavy atom. The van der Waals surface area contributed by atoms with E-state index < -0.39 is 21.7 Å². The topological polar surface area (TPSA) is 110 Å². The lowest BCUT2D eigenvalue weighted by Crippen LogP contribution is -2.48. The smallest absolute Gasteiger partial charge is 0.242 e. The molecule has 4 heterocycles. The first-order valence-corrected chi connectivity index (χ1v) is 14.4. The summed E-state index contributed by atoms with van der Waals surface area (Å²) in [5.41, 5.74) is 3.44. The van der Waals surface area contributed by atoms with Crippen molar-refractivity contribution in [3.8, 4) is 11.1 Å². The number of piperazine rings is 1. The van der Waals surface area contributed by atoms with Crippen molar-refractivity contribution in [1.29, 1.82) is 0 Å². The standard InChI is InChI=1S/C25H31ClN6O4S/c1-30-6-8-32(9-7-30)37(34,35)16-25(33)29-24-13-20(21(26)14-27-24)19-2-3-22-23(12-19)31(17-28-22)15-18-4-10-36-11-5-18/h2-3,12-14,17-18H,4-11,15-16H2,1H3,(H,27,29,33). The number of anilines is 1. The number of rotatable bonds is 7. The van der Waals surface area contributed by atoms with Crippen molar-refractivity contribution in [1.82, 2.24) is 23.7 Å². The van der Waals surface area contributed by atoms with E-state index in [0.717, 1.165) is 49.2 Å². The van der Waals surface area contributed by atoms with Gasteiger partial charge in [-0.05, 0) is 49.6 Å². The van der Waals surface area contributed by atoms with Crippen LogP contribution in [0.2, 0.25) is 5.02 Å². The number of nitrogens with one attached hydrogen (secondary N) is 1. The molecule has 0 bridgehead atoms. The van der Waals surface area contributed by atoms with Crippen LogP contribution in [0.3, 0.4) is 0 Å². The summed E-state index contributed by atoms with van der Waals surface area (Å²) >= 11 is 6.49. The van der Waals surface area contributed by atoms with E-state index >= 15 is 0 Å². The minimum Gasteiger partial charge on any atom is -0.381 e. The minimum atomic E-state index is -3.71. The number of imidazole rings is 1. The molecule has 1 amide bonds. The number of halogens is 1. The second-order valence-electron chi connectivity index (χ2n) is 9.71. The molecule has 198 valence electrons. The molecule has 2 aromatic heterocycles. The number of ether oxygens (including phenoxy) is 1. The van der Waals surface area contributed by atoms with Crippen LogP contribution in [0.25, 0.3) is 22.2 Å². The molecule has 1 aromatic carbocycles. The van der Waals surface area contributed by atoms with Gasteiger partial charge >= 0.3 is 0 Å². The van der Waals surface area contributed by atoms with Gasteiger partial charge in [0.2, 0.25) is 15.9 Å². The molecule has 0 spiro atoms. The zero-order chi connectivity index (χ0) is 26.0. The molecule has 0 saturated carbocycles. The van der Waals surface area contributed by atoms with E-state index in [1.54, 1.807) is 6.07 Å². The van der Waals surface area contributed by atoms with Crippen LogP contribution < -0.4 is 5.32 Å². The normalized spacial score (nSPS) is 18.3. The summed E-state index contributed by atoms with van der Waals surface area (Å²) in [6.07, 6.45) is 5.39. The summed E-state index contributed by atoms with van der Waals surface area (Å²) in [7, 11) is -1.77. The molecule has 12 heteroatoms. The fourth-order valence-electron chi connectivity index (χ4n) is 4.81. The van der Waals surface area contributed by atoms with Crippen LogP contribution in [0, 0.1) is 5.92 Å². The number of benzene rings is 1. The molecule has 37 heavy (non-hydrogen) atoms. The number of sulfonamides is 1. The maximum atomic E-state index is 12.7. The van der Waals surface area contributed by atoms with Crippen molar-refractivity contribution in [3.05, 3.63) is 41.8 Å². The Balaban J connectivity index is 1.32. The lowest BCUT2D eigenvalue weighted by atomic mass is 10.00. The first-order chi connectivity index (χ1) is 17.8. The van der Waals surface area contributed by atoms with E-state index in [1.165, 1.54) is 10.5 Å². The van der Waals surface area contributed by atoms with E-state index in [9.17, 15) is 13.2 Å². The zero-order valence-corrected chi connectivity index (χ0v) is 22.3. The largest absolute Gasteiger partial charge is 0.381 e. The zero-order valence-electron chi connectivity index (χ0n) is 20.8. The van der Waals surface area contributed by atoms with Crippen LogP contribution >= 0.6 is 11.6 Å². The molecular formula is C25H31ClN6O4S. The Morgan fingerprint density at radius 1 is 1.14 bits per heavy atom. The molecule has 0 aliphatic carbocycles. The molecule has 2 fully saturated rings. The molecule has 0 atom stereocenters. The molecule has 0 radical (unpaired) electrons. The summed E-state index contributed by atoms with van der Waals surface area (Å²) < 4.78 is 34.4. The summed E-state index contributed by atoms with van der Waals surface area (Å²) in [5, 5.41) is 3.06. The average Bonchev–Trinajstić information content (AvgIpc) is 3.27. The van der Waals surface area contributed by atoms with Gasteiger partial charge in [-0.1, -0.05) is 17.7 Å². The third-order valence-electron chi connectivity index (χ3n) is 7.02. The van der Waals surface area contributed by atoms with Crippen molar-refractivity contribution in [2.24, 2.45) is 5.92 Å². The number of hydrogen-bond donors (Lipinski definition) is 1. The van der Waals surface area contributed by atoms with Crippen LogP contribution in [0.4, 0.5) is 5.82 Å². The number of likely N-dealkylation sites (N-methyl/N-ethyl adjacent to an activating group) is 1.